The quantitative estimate of drug-likeness (QED) is 0.667. The lowest BCUT2D eigenvalue weighted by molar-refractivity contribution is 0.0959. The van der Waals surface area contributed by atoms with Crippen molar-refractivity contribution in [1.29, 1.82) is 0 Å². The van der Waals surface area contributed by atoms with Crippen molar-refractivity contribution in [2.75, 3.05) is 5.32 Å². The normalized spacial score (nSPS) is 23.5. The summed E-state index contributed by atoms with van der Waals surface area (Å²) >= 11 is 0. The summed E-state index contributed by atoms with van der Waals surface area (Å²) < 4.78 is 30.9. The second-order valence-corrected chi connectivity index (χ2v) is 8.35. The highest BCUT2D eigenvalue weighted by Gasteiger charge is 2.36. The van der Waals surface area contributed by atoms with Crippen LogP contribution in [0.4, 0.5) is 14.6 Å². The summed E-state index contributed by atoms with van der Waals surface area (Å²) in [7, 11) is 0. The summed E-state index contributed by atoms with van der Waals surface area (Å²) in [6.45, 7) is 3.91. The first kappa shape index (κ1) is 19.0. The van der Waals surface area contributed by atoms with Gasteiger partial charge in [0.2, 0.25) is 0 Å². The summed E-state index contributed by atoms with van der Waals surface area (Å²) in [4.78, 5) is 17.2. The second-order valence-electron chi connectivity index (χ2n) is 8.35. The molecule has 4 heterocycles. The number of carbonyl (C=O) groups is 1. The Morgan fingerprint density at radius 2 is 2.03 bits per heavy atom. The predicted molar refractivity (Wildman–Crippen MR) is 109 cm³/mol. The molecule has 2 N–H and O–H groups in total. The minimum Gasteiger partial charge on any atom is -0.365 e. The van der Waals surface area contributed by atoms with Crippen LogP contribution in [0, 0.1) is 17.6 Å². The maximum Gasteiger partial charge on any atom is 0.254 e. The van der Waals surface area contributed by atoms with Crippen LogP contribution in [0.15, 0.2) is 24.5 Å². The van der Waals surface area contributed by atoms with Crippen molar-refractivity contribution in [3.63, 3.8) is 0 Å². The highest BCUT2D eigenvalue weighted by molar-refractivity contribution is 6.06. The van der Waals surface area contributed by atoms with Crippen LogP contribution in [0.25, 0.3) is 16.8 Å². The average molecular weight is 411 g/mol. The Labute approximate surface area is 172 Å². The van der Waals surface area contributed by atoms with Crippen molar-refractivity contribution in [3.05, 3.63) is 47.3 Å². The number of aromatic nitrogens is 3. The maximum absolute atomic E-state index is 15.5. The molecule has 30 heavy (non-hydrogen) atoms. The highest BCUT2D eigenvalue weighted by atomic mass is 19.1. The van der Waals surface area contributed by atoms with Crippen LogP contribution in [-0.4, -0.2) is 26.5 Å². The lowest BCUT2D eigenvalue weighted by Gasteiger charge is -2.30. The summed E-state index contributed by atoms with van der Waals surface area (Å²) in [5.74, 6) is -0.760. The Morgan fingerprint density at radius 1 is 1.23 bits per heavy atom. The Morgan fingerprint density at radius 3 is 2.83 bits per heavy atom. The van der Waals surface area contributed by atoms with E-state index in [0.29, 0.717) is 28.3 Å². The summed E-state index contributed by atoms with van der Waals surface area (Å²) in [6, 6.07) is 2.29. The third-order valence-electron chi connectivity index (χ3n) is 6.35. The van der Waals surface area contributed by atoms with Gasteiger partial charge in [0.15, 0.2) is 11.6 Å². The number of nitrogens with one attached hydrogen (secondary N) is 2. The third-order valence-corrected chi connectivity index (χ3v) is 6.35. The van der Waals surface area contributed by atoms with Crippen LogP contribution in [0.2, 0.25) is 0 Å². The molecule has 8 heteroatoms. The van der Waals surface area contributed by atoms with Crippen molar-refractivity contribution >= 4 is 17.2 Å². The molecule has 3 aromatic heterocycles. The molecule has 0 radical (unpaired) electrons. The van der Waals surface area contributed by atoms with E-state index in [2.05, 4.69) is 27.6 Å². The second kappa shape index (κ2) is 7.04. The minimum absolute atomic E-state index is 0.119. The van der Waals surface area contributed by atoms with Crippen LogP contribution < -0.4 is 10.6 Å². The molecule has 0 aromatic carbocycles. The standard InChI is InChI=1S/C22H23F2N5O/c1-11-5-3-4-6-15(11)27-21-19(24)17-12(2)26-22(30)18(17)20(28-21)14-10-25-29-8-7-13(23)9-16(14)29/h7-12,15H,3-6H2,1-2H3,(H,26,30)(H,27,28)/t11-,12+,15+/m0/s1. The van der Waals surface area contributed by atoms with Crippen LogP contribution in [0.1, 0.15) is 61.5 Å². The van der Waals surface area contributed by atoms with Crippen molar-refractivity contribution in [1.82, 2.24) is 19.9 Å². The van der Waals surface area contributed by atoms with Crippen LogP contribution in [-0.2, 0) is 0 Å². The third kappa shape index (κ3) is 2.93. The van der Waals surface area contributed by atoms with Gasteiger partial charge in [0.05, 0.1) is 29.0 Å². The fourth-order valence-electron chi connectivity index (χ4n) is 4.69. The van der Waals surface area contributed by atoms with Gasteiger partial charge in [0.25, 0.3) is 5.91 Å². The smallest absolute Gasteiger partial charge is 0.254 e. The van der Waals surface area contributed by atoms with E-state index >= 15 is 4.39 Å². The first-order valence-corrected chi connectivity index (χ1v) is 10.4. The minimum atomic E-state index is -0.500. The monoisotopic (exact) mass is 411 g/mol. The number of amides is 1. The predicted octanol–water partition coefficient (Wildman–Crippen LogP) is 4.47. The van der Waals surface area contributed by atoms with Gasteiger partial charge in [-0.1, -0.05) is 19.8 Å². The summed E-state index contributed by atoms with van der Waals surface area (Å²) in [5, 5.41) is 10.3. The topological polar surface area (TPSA) is 71.3 Å². The van der Waals surface area contributed by atoms with Gasteiger partial charge in [0, 0.05) is 29.4 Å². The Kier molecular flexibility index (Phi) is 4.45. The fraction of sp³-hybridized carbons (Fsp3) is 0.409. The van der Waals surface area contributed by atoms with E-state index in [1.165, 1.54) is 29.3 Å². The molecule has 0 bridgehead atoms. The molecule has 5 rings (SSSR count). The van der Waals surface area contributed by atoms with Gasteiger partial charge in [-0.3, -0.25) is 4.79 Å². The Hall–Kier alpha value is -3.03. The largest absolute Gasteiger partial charge is 0.365 e. The first-order valence-electron chi connectivity index (χ1n) is 10.4. The molecule has 0 unspecified atom stereocenters. The molecule has 1 aliphatic heterocycles. The maximum atomic E-state index is 15.5. The summed E-state index contributed by atoms with van der Waals surface area (Å²) in [5.41, 5.74) is 1.78. The zero-order chi connectivity index (χ0) is 21.0. The Balaban J connectivity index is 1.70. The van der Waals surface area contributed by atoms with Crippen LogP contribution in [0.3, 0.4) is 0 Å². The number of pyridine rings is 2. The zero-order valence-electron chi connectivity index (χ0n) is 16.9. The average Bonchev–Trinajstić information content (AvgIpc) is 3.26. The first-order chi connectivity index (χ1) is 14.4. The van der Waals surface area contributed by atoms with Gasteiger partial charge in [-0.15, -0.1) is 0 Å². The molecule has 1 amide bonds. The number of hydrogen-bond donors (Lipinski definition) is 2. The molecule has 3 atom stereocenters. The van der Waals surface area contributed by atoms with Crippen molar-refractivity contribution in [3.8, 4) is 11.3 Å². The fourth-order valence-corrected chi connectivity index (χ4v) is 4.69. The van der Waals surface area contributed by atoms with E-state index < -0.39 is 17.7 Å². The number of halogens is 2. The van der Waals surface area contributed by atoms with E-state index in [0.717, 1.165) is 19.3 Å². The van der Waals surface area contributed by atoms with E-state index in [1.54, 1.807) is 13.1 Å². The van der Waals surface area contributed by atoms with Gasteiger partial charge in [0.1, 0.15) is 5.82 Å². The van der Waals surface area contributed by atoms with Gasteiger partial charge in [-0.25, -0.2) is 18.3 Å². The van der Waals surface area contributed by atoms with Gasteiger partial charge in [-0.05, 0) is 31.7 Å². The van der Waals surface area contributed by atoms with Crippen LogP contribution >= 0.6 is 0 Å². The van der Waals surface area contributed by atoms with Gasteiger partial charge in [-0.2, -0.15) is 5.10 Å². The van der Waals surface area contributed by atoms with Crippen molar-refractivity contribution < 1.29 is 13.6 Å². The number of nitrogens with zero attached hydrogens (tertiary/aromatic N) is 3. The molecular formula is C22H23F2N5O. The lowest BCUT2D eigenvalue weighted by Crippen LogP contribution is -2.31. The van der Waals surface area contributed by atoms with Crippen molar-refractivity contribution in [2.24, 2.45) is 5.92 Å². The zero-order valence-corrected chi connectivity index (χ0v) is 16.9. The van der Waals surface area contributed by atoms with Gasteiger partial charge < -0.3 is 10.6 Å². The summed E-state index contributed by atoms with van der Waals surface area (Å²) in [6.07, 6.45) is 7.34. The number of anilines is 1. The molecule has 2 aliphatic rings. The molecule has 1 aliphatic carbocycles. The molecular weight excluding hydrogens is 388 g/mol. The lowest BCUT2D eigenvalue weighted by atomic mass is 9.86. The molecule has 0 saturated heterocycles. The number of fused-ring (bicyclic) bond motifs is 2. The van der Waals surface area contributed by atoms with E-state index in [9.17, 15) is 9.18 Å². The molecule has 3 aromatic rings. The SMILES string of the molecule is C[C@H]1NC(=O)c2c(-c3cnn4ccc(F)cc34)nc(N[C@@H]3CCCC[C@@H]3C)c(F)c21. The Bertz CT molecular complexity index is 1160. The molecule has 6 nitrogen and oxygen atoms in total. The van der Waals surface area contributed by atoms with Gasteiger partial charge >= 0.3 is 0 Å². The molecule has 1 fully saturated rings. The van der Waals surface area contributed by atoms with E-state index in [4.69, 9.17) is 0 Å². The highest BCUT2D eigenvalue weighted by Crippen LogP contribution is 2.39. The molecule has 1 saturated carbocycles. The van der Waals surface area contributed by atoms with E-state index in [1.807, 2.05) is 0 Å². The molecule has 0 spiro atoms. The number of carbonyl (C=O) groups excluding carboxylic acids is 1. The van der Waals surface area contributed by atoms with E-state index in [-0.39, 0.29) is 23.3 Å². The molecule has 156 valence electrons. The van der Waals surface area contributed by atoms with Crippen LogP contribution in [0.5, 0.6) is 0 Å². The number of hydrogen-bond acceptors (Lipinski definition) is 4. The van der Waals surface area contributed by atoms with Crippen molar-refractivity contribution in [2.45, 2.75) is 51.6 Å². The number of rotatable bonds is 3.